The van der Waals surface area contributed by atoms with Crippen LogP contribution in [-0.2, 0) is 9.59 Å². The minimum absolute atomic E-state index is 0.200. The van der Waals surface area contributed by atoms with Gasteiger partial charge in [-0.25, -0.2) is 4.39 Å². The Morgan fingerprint density at radius 2 is 1.67 bits per heavy atom. The van der Waals surface area contributed by atoms with Crippen molar-refractivity contribution < 1.29 is 19.1 Å². The van der Waals surface area contributed by atoms with Crippen molar-refractivity contribution >= 4 is 17.5 Å². The van der Waals surface area contributed by atoms with Crippen LogP contribution >= 0.6 is 0 Å². The topological polar surface area (TPSA) is 98.9 Å². The smallest absolute Gasteiger partial charge is 0.227 e. The van der Waals surface area contributed by atoms with Crippen LogP contribution in [0.5, 0.6) is 0 Å². The van der Waals surface area contributed by atoms with Crippen molar-refractivity contribution in [1.29, 1.82) is 0 Å². The SMILES string of the molecule is NC1CC2(CCN(CC3(O)CCN(c4ccc(C5CC(=O)NC(=O)C5)cc4F)CC3)CC2)C1. The normalized spacial score (nSPS) is 26.3. The Kier molecular flexibility index (Phi) is 5.95. The van der Waals surface area contributed by atoms with E-state index < -0.39 is 5.60 Å². The maximum Gasteiger partial charge on any atom is 0.227 e. The molecule has 7 nitrogen and oxygen atoms in total. The first-order chi connectivity index (χ1) is 15.7. The summed E-state index contributed by atoms with van der Waals surface area (Å²) >= 11 is 0. The molecule has 1 aromatic rings. The number of nitrogens with one attached hydrogen (secondary N) is 1. The molecule has 8 heteroatoms. The molecule has 1 aliphatic carbocycles. The summed E-state index contributed by atoms with van der Waals surface area (Å²) in [6.07, 6.45) is 6.26. The standard InChI is InChI=1S/C25H35FN4O3/c26-20-11-17(18-12-22(31)28-23(32)13-18)1-2-21(20)30-9-5-25(33,6-10-30)16-29-7-3-24(4-8-29)14-19(27)15-24/h1-2,11,18-19,33H,3-10,12-16,27H2,(H,28,31,32). The third-order valence-electron chi connectivity index (χ3n) is 8.45. The average Bonchev–Trinajstić information content (AvgIpc) is 2.74. The van der Waals surface area contributed by atoms with E-state index in [-0.39, 0.29) is 36.4 Å². The van der Waals surface area contributed by atoms with Crippen LogP contribution in [0.3, 0.4) is 0 Å². The number of piperidine rings is 3. The Morgan fingerprint density at radius 1 is 1.03 bits per heavy atom. The molecule has 1 aromatic carbocycles. The second-order valence-corrected chi connectivity index (χ2v) is 10.9. The van der Waals surface area contributed by atoms with Gasteiger partial charge >= 0.3 is 0 Å². The predicted molar refractivity (Wildman–Crippen MR) is 123 cm³/mol. The highest BCUT2D eigenvalue weighted by Gasteiger charge is 2.45. The highest BCUT2D eigenvalue weighted by Crippen LogP contribution is 2.48. The highest BCUT2D eigenvalue weighted by atomic mass is 19.1. The summed E-state index contributed by atoms with van der Waals surface area (Å²) in [7, 11) is 0. The van der Waals surface area contributed by atoms with E-state index in [2.05, 4.69) is 10.2 Å². The first-order valence-corrected chi connectivity index (χ1v) is 12.3. The number of imide groups is 1. The van der Waals surface area contributed by atoms with E-state index in [1.54, 1.807) is 6.07 Å². The molecule has 33 heavy (non-hydrogen) atoms. The first-order valence-electron chi connectivity index (χ1n) is 12.3. The van der Waals surface area contributed by atoms with Crippen LogP contribution < -0.4 is 16.0 Å². The lowest BCUT2D eigenvalue weighted by Gasteiger charge is -2.52. The van der Waals surface area contributed by atoms with Crippen LogP contribution in [0.4, 0.5) is 10.1 Å². The van der Waals surface area contributed by atoms with Gasteiger partial charge in [-0.05, 0) is 74.7 Å². The molecule has 0 aromatic heterocycles. The number of amides is 2. The molecule has 3 aliphatic heterocycles. The minimum Gasteiger partial charge on any atom is -0.388 e. The molecular formula is C25H35FN4O3. The van der Waals surface area contributed by atoms with E-state index in [9.17, 15) is 19.1 Å². The fourth-order valence-corrected chi connectivity index (χ4v) is 6.43. The highest BCUT2D eigenvalue weighted by molar-refractivity contribution is 5.98. The maximum absolute atomic E-state index is 15.0. The molecule has 3 heterocycles. The summed E-state index contributed by atoms with van der Waals surface area (Å²) < 4.78 is 15.0. The number of carbonyl (C=O) groups excluding carboxylic acids is 2. The summed E-state index contributed by atoms with van der Waals surface area (Å²) in [5.74, 6) is -1.23. The lowest BCUT2D eigenvalue weighted by Crippen LogP contribution is -2.56. The number of rotatable bonds is 4. The third-order valence-corrected chi connectivity index (χ3v) is 8.45. The molecule has 0 atom stereocenters. The predicted octanol–water partition coefficient (Wildman–Crippen LogP) is 1.88. The molecule has 180 valence electrons. The monoisotopic (exact) mass is 458 g/mol. The number of halogens is 1. The van der Waals surface area contributed by atoms with Crippen LogP contribution in [-0.4, -0.2) is 66.2 Å². The molecule has 2 amide bonds. The lowest BCUT2D eigenvalue weighted by atomic mass is 9.60. The van der Waals surface area contributed by atoms with Crippen LogP contribution in [0, 0.1) is 11.2 Å². The molecule has 0 unspecified atom stereocenters. The zero-order valence-electron chi connectivity index (χ0n) is 19.2. The molecule has 4 aliphatic rings. The molecule has 0 radical (unpaired) electrons. The van der Waals surface area contributed by atoms with Crippen molar-refractivity contribution in [2.24, 2.45) is 11.1 Å². The number of benzene rings is 1. The molecule has 3 saturated heterocycles. The van der Waals surface area contributed by atoms with Crippen LogP contribution in [0.1, 0.15) is 62.8 Å². The summed E-state index contributed by atoms with van der Waals surface area (Å²) in [6.45, 7) is 3.93. The first kappa shape index (κ1) is 22.7. The summed E-state index contributed by atoms with van der Waals surface area (Å²) in [4.78, 5) is 27.7. The second-order valence-electron chi connectivity index (χ2n) is 10.9. The van der Waals surface area contributed by atoms with Gasteiger partial charge in [0.1, 0.15) is 5.82 Å². The Labute approximate surface area is 194 Å². The van der Waals surface area contributed by atoms with Crippen LogP contribution in [0.2, 0.25) is 0 Å². The van der Waals surface area contributed by atoms with Crippen molar-refractivity contribution in [2.75, 3.05) is 37.6 Å². The fraction of sp³-hybridized carbons (Fsp3) is 0.680. The van der Waals surface area contributed by atoms with Gasteiger partial charge in [-0.1, -0.05) is 6.07 Å². The number of anilines is 1. The number of β-amino-alcohol motifs (C(OH)–C–C–N with tert-alkyl or cyclic N) is 1. The number of likely N-dealkylation sites (tertiary alicyclic amines) is 1. The summed E-state index contributed by atoms with van der Waals surface area (Å²) in [6, 6.07) is 5.41. The molecular weight excluding hydrogens is 423 g/mol. The molecule has 5 rings (SSSR count). The quantitative estimate of drug-likeness (QED) is 0.596. The van der Waals surface area contributed by atoms with Gasteiger partial charge in [-0.3, -0.25) is 14.9 Å². The Morgan fingerprint density at radius 3 is 2.24 bits per heavy atom. The number of hydrogen-bond acceptors (Lipinski definition) is 6. The van der Waals surface area contributed by atoms with E-state index in [4.69, 9.17) is 5.73 Å². The second kappa shape index (κ2) is 8.64. The van der Waals surface area contributed by atoms with E-state index in [0.29, 0.717) is 55.2 Å². The van der Waals surface area contributed by atoms with Crippen molar-refractivity contribution in [1.82, 2.24) is 10.2 Å². The van der Waals surface area contributed by atoms with Gasteiger partial charge in [0.15, 0.2) is 0 Å². The Hall–Kier alpha value is -2.03. The molecule has 4 fully saturated rings. The summed E-state index contributed by atoms with van der Waals surface area (Å²) in [5.41, 5.74) is 6.93. The van der Waals surface area contributed by atoms with Crippen molar-refractivity contribution in [3.05, 3.63) is 29.6 Å². The van der Waals surface area contributed by atoms with Crippen molar-refractivity contribution in [3.63, 3.8) is 0 Å². The van der Waals surface area contributed by atoms with Crippen molar-refractivity contribution in [2.45, 2.75) is 68.9 Å². The molecule has 4 N–H and O–H groups in total. The molecule has 1 spiro atoms. The van der Waals surface area contributed by atoms with Gasteiger partial charge in [-0.15, -0.1) is 0 Å². The Bertz CT molecular complexity index is 898. The van der Waals surface area contributed by atoms with Gasteiger partial charge in [0.05, 0.1) is 11.3 Å². The third kappa shape index (κ3) is 4.79. The minimum atomic E-state index is -0.733. The van der Waals surface area contributed by atoms with Crippen LogP contribution in [0.15, 0.2) is 18.2 Å². The van der Waals surface area contributed by atoms with Gasteiger partial charge < -0.3 is 20.6 Å². The van der Waals surface area contributed by atoms with Gasteiger partial charge in [0, 0.05) is 44.4 Å². The van der Waals surface area contributed by atoms with Crippen molar-refractivity contribution in [3.8, 4) is 0 Å². The Balaban J connectivity index is 1.15. The van der Waals surface area contributed by atoms with E-state index in [1.165, 1.54) is 18.9 Å². The molecule has 1 saturated carbocycles. The lowest BCUT2D eigenvalue weighted by molar-refractivity contribution is -0.133. The largest absolute Gasteiger partial charge is 0.388 e. The van der Waals surface area contributed by atoms with Gasteiger partial charge in [-0.2, -0.15) is 0 Å². The van der Waals surface area contributed by atoms with Gasteiger partial charge in [0.25, 0.3) is 0 Å². The van der Waals surface area contributed by atoms with E-state index >= 15 is 0 Å². The number of aliphatic hydroxyl groups is 1. The van der Waals surface area contributed by atoms with E-state index in [1.807, 2.05) is 11.0 Å². The number of nitrogens with two attached hydrogens (primary N) is 1. The number of carbonyl (C=O) groups is 2. The van der Waals surface area contributed by atoms with E-state index in [0.717, 1.165) is 25.9 Å². The van der Waals surface area contributed by atoms with Crippen LogP contribution in [0.25, 0.3) is 0 Å². The molecule has 0 bridgehead atoms. The number of hydrogen-bond donors (Lipinski definition) is 3. The fourth-order valence-electron chi connectivity index (χ4n) is 6.43. The zero-order chi connectivity index (χ0) is 23.2. The zero-order valence-corrected chi connectivity index (χ0v) is 19.2. The average molecular weight is 459 g/mol. The number of nitrogens with zero attached hydrogens (tertiary/aromatic N) is 2. The maximum atomic E-state index is 15.0. The van der Waals surface area contributed by atoms with Gasteiger partial charge in [0.2, 0.25) is 11.8 Å². The summed E-state index contributed by atoms with van der Waals surface area (Å²) in [5, 5.41) is 13.5.